The number of ether oxygens (including phenoxy) is 1. The van der Waals surface area contributed by atoms with Crippen LogP contribution in [0.2, 0.25) is 0 Å². The van der Waals surface area contributed by atoms with Crippen molar-refractivity contribution in [2.24, 2.45) is 11.8 Å². The van der Waals surface area contributed by atoms with Gasteiger partial charge in [-0.15, -0.1) is 0 Å². The van der Waals surface area contributed by atoms with Crippen LogP contribution in [0.25, 0.3) is 0 Å². The van der Waals surface area contributed by atoms with Gasteiger partial charge in [-0.25, -0.2) is 4.98 Å². The topological polar surface area (TPSA) is 50.3 Å². The SMILES string of the molecule is CCCOc1ccnc(N2CC3CNCC3C2C)n1. The monoisotopic (exact) mass is 262 g/mol. The van der Waals surface area contributed by atoms with Gasteiger partial charge in [-0.3, -0.25) is 0 Å². The highest BCUT2D eigenvalue weighted by Crippen LogP contribution is 2.34. The molecular weight excluding hydrogens is 240 g/mol. The van der Waals surface area contributed by atoms with Crippen LogP contribution in [-0.4, -0.2) is 42.3 Å². The number of hydrogen-bond donors (Lipinski definition) is 1. The molecule has 3 atom stereocenters. The summed E-state index contributed by atoms with van der Waals surface area (Å²) < 4.78 is 5.59. The molecule has 5 nitrogen and oxygen atoms in total. The first kappa shape index (κ1) is 12.7. The Morgan fingerprint density at radius 2 is 2.37 bits per heavy atom. The summed E-state index contributed by atoms with van der Waals surface area (Å²) in [6, 6.07) is 2.34. The fourth-order valence-electron chi connectivity index (χ4n) is 3.19. The van der Waals surface area contributed by atoms with Gasteiger partial charge in [0, 0.05) is 37.9 Å². The average Bonchev–Trinajstić information content (AvgIpc) is 3.00. The van der Waals surface area contributed by atoms with Gasteiger partial charge in [-0.1, -0.05) is 6.92 Å². The molecule has 104 valence electrons. The molecule has 1 aromatic heterocycles. The van der Waals surface area contributed by atoms with Crippen molar-refractivity contribution in [1.82, 2.24) is 15.3 Å². The van der Waals surface area contributed by atoms with Crippen molar-refractivity contribution in [3.05, 3.63) is 12.3 Å². The molecule has 0 spiro atoms. The van der Waals surface area contributed by atoms with Crippen LogP contribution in [-0.2, 0) is 0 Å². The average molecular weight is 262 g/mol. The maximum Gasteiger partial charge on any atom is 0.228 e. The third-order valence-electron chi connectivity index (χ3n) is 4.26. The predicted octanol–water partition coefficient (Wildman–Crippen LogP) is 1.31. The molecule has 0 aliphatic carbocycles. The predicted molar refractivity (Wildman–Crippen MR) is 74.5 cm³/mol. The highest BCUT2D eigenvalue weighted by Gasteiger charge is 2.42. The molecule has 0 amide bonds. The Morgan fingerprint density at radius 1 is 1.47 bits per heavy atom. The zero-order valence-electron chi connectivity index (χ0n) is 11.7. The lowest BCUT2D eigenvalue weighted by molar-refractivity contribution is 0.304. The Bertz CT molecular complexity index is 439. The lowest BCUT2D eigenvalue weighted by atomic mass is 9.95. The fourth-order valence-corrected chi connectivity index (χ4v) is 3.19. The zero-order valence-corrected chi connectivity index (χ0v) is 11.7. The maximum atomic E-state index is 5.59. The van der Waals surface area contributed by atoms with Gasteiger partial charge in [0.25, 0.3) is 0 Å². The van der Waals surface area contributed by atoms with Crippen LogP contribution in [0.3, 0.4) is 0 Å². The van der Waals surface area contributed by atoms with Gasteiger partial charge in [0.15, 0.2) is 0 Å². The van der Waals surface area contributed by atoms with Gasteiger partial charge in [0.1, 0.15) is 0 Å². The second-order valence-corrected chi connectivity index (χ2v) is 5.52. The normalized spacial score (nSPS) is 29.6. The highest BCUT2D eigenvalue weighted by molar-refractivity contribution is 5.36. The summed E-state index contributed by atoms with van der Waals surface area (Å²) in [6.07, 6.45) is 2.79. The number of nitrogens with one attached hydrogen (secondary N) is 1. The number of fused-ring (bicyclic) bond motifs is 1. The summed E-state index contributed by atoms with van der Waals surface area (Å²) >= 11 is 0. The van der Waals surface area contributed by atoms with Crippen LogP contribution in [0, 0.1) is 11.8 Å². The maximum absolute atomic E-state index is 5.59. The summed E-state index contributed by atoms with van der Waals surface area (Å²) in [5, 5.41) is 3.47. The molecule has 3 rings (SSSR count). The Kier molecular flexibility index (Phi) is 3.55. The van der Waals surface area contributed by atoms with E-state index >= 15 is 0 Å². The molecule has 2 fully saturated rings. The van der Waals surface area contributed by atoms with Crippen LogP contribution in [0.1, 0.15) is 20.3 Å². The van der Waals surface area contributed by atoms with Gasteiger partial charge in [0.2, 0.25) is 11.8 Å². The first-order valence-corrected chi connectivity index (χ1v) is 7.22. The van der Waals surface area contributed by atoms with Gasteiger partial charge < -0.3 is 15.0 Å². The summed E-state index contributed by atoms with van der Waals surface area (Å²) in [7, 11) is 0. The molecule has 0 radical (unpaired) electrons. The smallest absolute Gasteiger partial charge is 0.228 e. The van der Waals surface area contributed by atoms with E-state index in [0.29, 0.717) is 18.5 Å². The molecule has 1 aromatic rings. The summed E-state index contributed by atoms with van der Waals surface area (Å²) in [5.74, 6) is 2.97. The van der Waals surface area contributed by atoms with Gasteiger partial charge >= 0.3 is 0 Å². The molecule has 2 aliphatic rings. The third kappa shape index (κ3) is 2.39. The first-order chi connectivity index (χ1) is 9.29. The third-order valence-corrected chi connectivity index (χ3v) is 4.26. The molecule has 0 aromatic carbocycles. The molecule has 0 bridgehead atoms. The molecule has 1 N–H and O–H groups in total. The van der Waals surface area contributed by atoms with Crippen molar-refractivity contribution in [3.63, 3.8) is 0 Å². The number of hydrogen-bond acceptors (Lipinski definition) is 5. The van der Waals surface area contributed by atoms with Crippen molar-refractivity contribution in [2.75, 3.05) is 31.1 Å². The van der Waals surface area contributed by atoms with E-state index in [2.05, 4.69) is 34.0 Å². The van der Waals surface area contributed by atoms with Crippen molar-refractivity contribution < 1.29 is 4.74 Å². The van der Waals surface area contributed by atoms with Gasteiger partial charge in [0.05, 0.1) is 6.61 Å². The number of nitrogens with zero attached hydrogens (tertiary/aromatic N) is 3. The lowest BCUT2D eigenvalue weighted by Gasteiger charge is -2.24. The van der Waals surface area contributed by atoms with Crippen LogP contribution in [0.4, 0.5) is 5.95 Å². The van der Waals surface area contributed by atoms with Crippen LogP contribution in [0.15, 0.2) is 12.3 Å². The molecule has 19 heavy (non-hydrogen) atoms. The Labute approximate surface area is 114 Å². The minimum atomic E-state index is 0.501. The van der Waals surface area contributed by atoms with E-state index in [1.165, 1.54) is 0 Å². The standard InChI is InChI=1S/C14H22N4O/c1-3-6-19-13-4-5-16-14(17-13)18-9-11-7-15-8-12(11)10(18)2/h4-5,10-12,15H,3,6-9H2,1-2H3. The Balaban J connectivity index is 1.75. The van der Waals surface area contributed by atoms with E-state index < -0.39 is 0 Å². The van der Waals surface area contributed by atoms with Gasteiger partial charge in [-0.2, -0.15) is 4.98 Å². The quantitative estimate of drug-likeness (QED) is 0.886. The van der Waals surface area contributed by atoms with E-state index in [9.17, 15) is 0 Å². The van der Waals surface area contributed by atoms with E-state index in [1.54, 1.807) is 6.20 Å². The van der Waals surface area contributed by atoms with E-state index in [0.717, 1.165) is 43.8 Å². The second-order valence-electron chi connectivity index (χ2n) is 5.52. The number of aromatic nitrogens is 2. The zero-order chi connectivity index (χ0) is 13.2. The minimum Gasteiger partial charge on any atom is -0.478 e. The molecule has 2 saturated heterocycles. The molecular formula is C14H22N4O. The van der Waals surface area contributed by atoms with E-state index in [-0.39, 0.29) is 0 Å². The Hall–Kier alpha value is -1.36. The highest BCUT2D eigenvalue weighted by atomic mass is 16.5. The summed E-state index contributed by atoms with van der Waals surface area (Å²) in [5.41, 5.74) is 0. The minimum absolute atomic E-state index is 0.501. The molecule has 3 heterocycles. The van der Waals surface area contributed by atoms with Crippen molar-refractivity contribution in [2.45, 2.75) is 26.3 Å². The first-order valence-electron chi connectivity index (χ1n) is 7.22. The van der Waals surface area contributed by atoms with Crippen molar-refractivity contribution in [1.29, 1.82) is 0 Å². The largest absolute Gasteiger partial charge is 0.478 e. The number of rotatable bonds is 4. The molecule has 2 aliphatic heterocycles. The van der Waals surface area contributed by atoms with Crippen LogP contribution < -0.4 is 15.0 Å². The van der Waals surface area contributed by atoms with Crippen molar-refractivity contribution >= 4 is 5.95 Å². The summed E-state index contributed by atoms with van der Waals surface area (Å²) in [6.45, 7) is 8.38. The number of anilines is 1. The second kappa shape index (κ2) is 5.33. The van der Waals surface area contributed by atoms with E-state index in [4.69, 9.17) is 4.74 Å². The van der Waals surface area contributed by atoms with Crippen LogP contribution in [0.5, 0.6) is 5.88 Å². The molecule has 0 saturated carbocycles. The summed E-state index contributed by atoms with van der Waals surface area (Å²) in [4.78, 5) is 11.3. The van der Waals surface area contributed by atoms with Crippen LogP contribution >= 0.6 is 0 Å². The van der Waals surface area contributed by atoms with E-state index in [1.807, 2.05) is 6.07 Å². The Morgan fingerprint density at radius 3 is 3.16 bits per heavy atom. The molecule has 5 heteroatoms. The van der Waals surface area contributed by atoms with Gasteiger partial charge in [-0.05, 0) is 25.2 Å². The lowest BCUT2D eigenvalue weighted by Crippen LogP contribution is -2.34. The molecule has 3 unspecified atom stereocenters. The fraction of sp³-hybridized carbons (Fsp3) is 0.714. The van der Waals surface area contributed by atoms with Crippen molar-refractivity contribution in [3.8, 4) is 5.88 Å².